The summed E-state index contributed by atoms with van der Waals surface area (Å²) in [7, 11) is 3.24. The minimum absolute atomic E-state index is 0.533. The van der Waals surface area contributed by atoms with Gasteiger partial charge in [-0.25, -0.2) is 4.98 Å². The van der Waals surface area contributed by atoms with Crippen LogP contribution < -0.4 is 9.47 Å². The molecule has 0 bridgehead atoms. The van der Waals surface area contributed by atoms with Crippen LogP contribution in [0.4, 0.5) is 0 Å². The number of benzene rings is 1. The summed E-state index contributed by atoms with van der Waals surface area (Å²) in [6.07, 6.45) is 0.894. The lowest BCUT2D eigenvalue weighted by atomic mass is 10.1. The molecule has 1 heterocycles. The largest absolute Gasteiger partial charge is 0.497 e. The number of nitrogens with zero attached hydrogens (tertiary/aromatic N) is 1. The van der Waals surface area contributed by atoms with E-state index in [1.807, 2.05) is 18.2 Å². The topological polar surface area (TPSA) is 31.4 Å². The summed E-state index contributed by atoms with van der Waals surface area (Å²) in [5, 5.41) is 1.53. The lowest BCUT2D eigenvalue weighted by Gasteiger charge is -2.12. The monoisotopic (exact) mass is 279 g/mol. The first-order chi connectivity index (χ1) is 9.05. The molecule has 0 aliphatic rings. The number of fused-ring (bicyclic) bond motifs is 1. The Balaban J connectivity index is 2.65. The summed E-state index contributed by atoms with van der Waals surface area (Å²) in [6.45, 7) is 4.32. The van der Waals surface area contributed by atoms with Gasteiger partial charge in [0, 0.05) is 17.1 Å². The van der Waals surface area contributed by atoms with Crippen LogP contribution in [-0.2, 0) is 6.42 Å². The van der Waals surface area contributed by atoms with E-state index in [0.717, 1.165) is 23.0 Å². The third-order valence-electron chi connectivity index (χ3n) is 2.93. The molecule has 0 amide bonds. The van der Waals surface area contributed by atoms with Crippen LogP contribution in [0.25, 0.3) is 10.9 Å². The Morgan fingerprint density at radius 1 is 1.16 bits per heavy atom. The predicted molar refractivity (Wildman–Crippen MR) is 78.4 cm³/mol. The van der Waals surface area contributed by atoms with Crippen molar-refractivity contribution in [2.45, 2.75) is 20.3 Å². The van der Waals surface area contributed by atoms with Crippen LogP contribution in [0.15, 0.2) is 18.2 Å². The van der Waals surface area contributed by atoms with Crippen molar-refractivity contribution in [2.24, 2.45) is 5.92 Å². The highest BCUT2D eigenvalue weighted by molar-refractivity contribution is 6.35. The van der Waals surface area contributed by atoms with E-state index < -0.39 is 0 Å². The minimum atomic E-state index is 0.533. The van der Waals surface area contributed by atoms with E-state index in [9.17, 15) is 0 Å². The molecule has 3 nitrogen and oxygen atoms in total. The molecule has 2 rings (SSSR count). The fraction of sp³-hybridized carbons (Fsp3) is 0.400. The number of methoxy groups -OCH3 is 2. The molecule has 0 unspecified atom stereocenters. The number of hydrogen-bond donors (Lipinski definition) is 0. The Morgan fingerprint density at radius 3 is 2.47 bits per heavy atom. The first kappa shape index (κ1) is 13.9. The zero-order valence-electron chi connectivity index (χ0n) is 11.7. The quantitative estimate of drug-likeness (QED) is 0.844. The Labute approximate surface area is 118 Å². The molecule has 0 fully saturated rings. The van der Waals surface area contributed by atoms with E-state index >= 15 is 0 Å². The summed E-state index contributed by atoms with van der Waals surface area (Å²) >= 11 is 6.35. The third kappa shape index (κ3) is 2.92. The van der Waals surface area contributed by atoms with Gasteiger partial charge in [0.15, 0.2) is 0 Å². The fourth-order valence-electron chi connectivity index (χ4n) is 2.08. The van der Waals surface area contributed by atoms with Gasteiger partial charge in [0.1, 0.15) is 17.0 Å². The minimum Gasteiger partial charge on any atom is -0.497 e. The van der Waals surface area contributed by atoms with Crippen LogP contribution in [0.1, 0.15) is 19.5 Å². The zero-order valence-corrected chi connectivity index (χ0v) is 12.4. The smallest absolute Gasteiger partial charge is 0.148 e. The average Bonchev–Trinajstić information content (AvgIpc) is 2.37. The standard InChI is InChI=1S/C15H18ClNO2/c1-9(2)5-10-6-13(16)12-7-11(18-3)8-14(19-4)15(12)17-10/h6-9H,5H2,1-4H3. The highest BCUT2D eigenvalue weighted by Crippen LogP contribution is 2.34. The third-order valence-corrected chi connectivity index (χ3v) is 3.24. The van der Waals surface area contributed by atoms with Gasteiger partial charge < -0.3 is 9.47 Å². The molecule has 1 aromatic heterocycles. The van der Waals surface area contributed by atoms with Crippen LogP contribution in [0.2, 0.25) is 5.02 Å². The van der Waals surface area contributed by atoms with Gasteiger partial charge in [0.05, 0.1) is 19.2 Å². The molecule has 2 aromatic rings. The zero-order chi connectivity index (χ0) is 14.0. The molecule has 0 aliphatic carbocycles. The van der Waals surface area contributed by atoms with Crippen molar-refractivity contribution in [1.82, 2.24) is 4.98 Å². The second-order valence-electron chi connectivity index (χ2n) is 4.92. The van der Waals surface area contributed by atoms with Crippen molar-refractivity contribution in [3.8, 4) is 11.5 Å². The highest BCUT2D eigenvalue weighted by Gasteiger charge is 2.12. The van der Waals surface area contributed by atoms with E-state index in [4.69, 9.17) is 21.1 Å². The first-order valence-electron chi connectivity index (χ1n) is 6.26. The number of hydrogen-bond acceptors (Lipinski definition) is 3. The Morgan fingerprint density at radius 2 is 1.89 bits per heavy atom. The van der Waals surface area contributed by atoms with Gasteiger partial charge in [0.2, 0.25) is 0 Å². The highest BCUT2D eigenvalue weighted by atomic mass is 35.5. The average molecular weight is 280 g/mol. The molecule has 0 saturated heterocycles. The van der Waals surface area contributed by atoms with Gasteiger partial charge in [-0.1, -0.05) is 25.4 Å². The van der Waals surface area contributed by atoms with Gasteiger partial charge in [-0.3, -0.25) is 0 Å². The number of ether oxygens (including phenoxy) is 2. The second kappa shape index (κ2) is 5.66. The summed E-state index contributed by atoms with van der Waals surface area (Å²) in [6, 6.07) is 5.62. The van der Waals surface area contributed by atoms with Crippen LogP contribution in [-0.4, -0.2) is 19.2 Å². The van der Waals surface area contributed by atoms with Crippen molar-refractivity contribution < 1.29 is 9.47 Å². The van der Waals surface area contributed by atoms with Crippen LogP contribution in [0.3, 0.4) is 0 Å². The molecule has 1 aromatic carbocycles. The lowest BCUT2D eigenvalue weighted by molar-refractivity contribution is 0.397. The maximum Gasteiger partial charge on any atom is 0.148 e. The summed E-state index contributed by atoms with van der Waals surface area (Å²) in [4.78, 5) is 4.66. The van der Waals surface area contributed by atoms with E-state index in [1.54, 1.807) is 14.2 Å². The molecule has 0 spiro atoms. The second-order valence-corrected chi connectivity index (χ2v) is 5.33. The fourth-order valence-corrected chi connectivity index (χ4v) is 2.35. The number of pyridine rings is 1. The van der Waals surface area contributed by atoms with Gasteiger partial charge in [-0.05, 0) is 24.5 Å². The van der Waals surface area contributed by atoms with Gasteiger partial charge in [-0.15, -0.1) is 0 Å². The lowest BCUT2D eigenvalue weighted by Crippen LogP contribution is -1.99. The molecular formula is C15H18ClNO2. The Bertz CT molecular complexity index is 596. The van der Waals surface area contributed by atoms with Crippen molar-refractivity contribution in [2.75, 3.05) is 14.2 Å². The van der Waals surface area contributed by atoms with Crippen molar-refractivity contribution >= 4 is 22.5 Å². The molecule has 0 aliphatic heterocycles. The van der Waals surface area contributed by atoms with E-state index in [2.05, 4.69) is 18.8 Å². The summed E-state index contributed by atoms with van der Waals surface area (Å²) in [5.74, 6) is 1.93. The Hall–Kier alpha value is -1.48. The van der Waals surface area contributed by atoms with E-state index in [-0.39, 0.29) is 0 Å². The normalized spacial score (nSPS) is 11.1. The summed E-state index contributed by atoms with van der Waals surface area (Å²) < 4.78 is 10.6. The number of aromatic nitrogens is 1. The molecule has 0 radical (unpaired) electrons. The molecule has 102 valence electrons. The maximum absolute atomic E-state index is 6.35. The molecule has 4 heteroatoms. The van der Waals surface area contributed by atoms with E-state index in [1.165, 1.54) is 0 Å². The Kier molecular flexibility index (Phi) is 4.15. The molecule has 0 N–H and O–H groups in total. The van der Waals surface area contributed by atoms with Gasteiger partial charge >= 0.3 is 0 Å². The number of halogens is 1. The SMILES string of the molecule is COc1cc(OC)c2nc(CC(C)C)cc(Cl)c2c1. The van der Waals surface area contributed by atoms with Gasteiger partial charge in [0.25, 0.3) is 0 Å². The molecule has 0 saturated carbocycles. The molecule has 0 atom stereocenters. The van der Waals surface area contributed by atoms with Crippen LogP contribution >= 0.6 is 11.6 Å². The van der Waals surface area contributed by atoms with Crippen molar-refractivity contribution in [1.29, 1.82) is 0 Å². The first-order valence-corrected chi connectivity index (χ1v) is 6.64. The number of rotatable bonds is 4. The maximum atomic E-state index is 6.35. The predicted octanol–water partition coefficient (Wildman–Crippen LogP) is 4.10. The van der Waals surface area contributed by atoms with Gasteiger partial charge in [-0.2, -0.15) is 0 Å². The molecule has 19 heavy (non-hydrogen) atoms. The summed E-state index contributed by atoms with van der Waals surface area (Å²) in [5.41, 5.74) is 1.77. The van der Waals surface area contributed by atoms with Crippen molar-refractivity contribution in [3.05, 3.63) is 28.9 Å². The van der Waals surface area contributed by atoms with E-state index in [0.29, 0.717) is 22.4 Å². The molecular weight excluding hydrogens is 262 g/mol. The van der Waals surface area contributed by atoms with Crippen LogP contribution in [0.5, 0.6) is 11.5 Å². The van der Waals surface area contributed by atoms with Crippen molar-refractivity contribution in [3.63, 3.8) is 0 Å². The van der Waals surface area contributed by atoms with Crippen LogP contribution in [0, 0.1) is 5.92 Å².